The number of benzene rings is 3. The van der Waals surface area contributed by atoms with Gasteiger partial charge in [-0.25, -0.2) is 9.79 Å². The molecule has 2 N–H and O–H groups in total. The van der Waals surface area contributed by atoms with Crippen molar-refractivity contribution >= 4 is 40.6 Å². The van der Waals surface area contributed by atoms with Gasteiger partial charge < -0.3 is 19.9 Å². The van der Waals surface area contributed by atoms with Crippen LogP contribution in [-0.2, 0) is 17.8 Å². The topological polar surface area (TPSA) is 97.2 Å². The molecule has 0 saturated carbocycles. The molecule has 35 heavy (non-hydrogen) atoms. The Bertz CT molecular complexity index is 1320. The highest BCUT2D eigenvalue weighted by Gasteiger charge is 2.24. The van der Waals surface area contributed by atoms with Crippen molar-refractivity contribution in [3.05, 3.63) is 93.9 Å². The van der Waals surface area contributed by atoms with Crippen molar-refractivity contribution in [1.29, 1.82) is 0 Å². The Balaban J connectivity index is 1.46. The summed E-state index contributed by atoms with van der Waals surface area (Å²) >= 11 is 1.28. The van der Waals surface area contributed by atoms with E-state index < -0.39 is 5.97 Å². The summed E-state index contributed by atoms with van der Waals surface area (Å²) in [6, 6.07) is 19.9. The lowest BCUT2D eigenvalue weighted by Crippen LogP contribution is -2.19. The smallest absolute Gasteiger partial charge is 0.335 e. The van der Waals surface area contributed by atoms with Crippen molar-refractivity contribution in [3.8, 4) is 11.5 Å². The number of carboxylic acid groups (broad SMARTS) is 1. The first-order valence-electron chi connectivity index (χ1n) is 11.0. The van der Waals surface area contributed by atoms with Crippen LogP contribution in [0.25, 0.3) is 6.08 Å². The molecule has 1 aliphatic heterocycles. The Kier molecular flexibility index (Phi) is 7.52. The maximum atomic E-state index is 12.5. The van der Waals surface area contributed by atoms with Crippen LogP contribution in [0, 0.1) is 0 Å². The second-order valence-corrected chi connectivity index (χ2v) is 8.74. The number of hydrogen-bond donors (Lipinski definition) is 2. The molecule has 0 spiro atoms. The van der Waals surface area contributed by atoms with E-state index in [4.69, 9.17) is 14.6 Å². The zero-order chi connectivity index (χ0) is 24.8. The average Bonchev–Trinajstić information content (AvgIpc) is 3.21. The molecule has 0 atom stereocenters. The first kappa shape index (κ1) is 24.1. The lowest BCUT2D eigenvalue weighted by Gasteiger charge is -2.12. The summed E-state index contributed by atoms with van der Waals surface area (Å²) in [7, 11) is 1.54. The predicted molar refractivity (Wildman–Crippen MR) is 137 cm³/mol. The molecule has 1 aliphatic rings. The minimum Gasteiger partial charge on any atom is -0.493 e. The van der Waals surface area contributed by atoms with E-state index in [0.717, 1.165) is 23.2 Å². The Hall–Kier alpha value is -4.04. The summed E-state index contributed by atoms with van der Waals surface area (Å²) in [6.45, 7) is 2.29. The van der Waals surface area contributed by atoms with Gasteiger partial charge in [-0.05, 0) is 77.3 Å². The van der Waals surface area contributed by atoms with Gasteiger partial charge in [-0.3, -0.25) is 4.79 Å². The van der Waals surface area contributed by atoms with E-state index in [2.05, 4.69) is 17.2 Å². The standard InChI is InChI=1S/C27H24N2O5S/c1-3-17-7-10-21(11-8-17)28-27-29-25(30)24(35-27)15-18-9-12-22(23(14-18)33-2)34-16-19-5-4-6-20(13-19)26(31)32/h4-15H,3,16H2,1-2H3,(H,31,32)(H,28,29,30)/b24-15-. The highest BCUT2D eigenvalue weighted by Crippen LogP contribution is 2.32. The molecule has 7 nitrogen and oxygen atoms in total. The number of carbonyl (C=O) groups excluding carboxylic acids is 1. The first-order valence-corrected chi connectivity index (χ1v) is 11.8. The molecule has 8 heteroatoms. The van der Waals surface area contributed by atoms with Gasteiger partial charge in [-0.2, -0.15) is 0 Å². The van der Waals surface area contributed by atoms with Gasteiger partial charge in [0.25, 0.3) is 5.91 Å². The third-order valence-electron chi connectivity index (χ3n) is 5.28. The number of aliphatic imine (C=N–C) groups is 1. The van der Waals surface area contributed by atoms with E-state index in [0.29, 0.717) is 21.6 Å². The molecule has 1 amide bonds. The van der Waals surface area contributed by atoms with Crippen LogP contribution in [-0.4, -0.2) is 29.3 Å². The van der Waals surface area contributed by atoms with Gasteiger partial charge in [0.2, 0.25) is 0 Å². The normalized spacial score (nSPS) is 15.3. The summed E-state index contributed by atoms with van der Waals surface area (Å²) in [5.74, 6) is -0.187. The van der Waals surface area contributed by atoms with Crippen LogP contribution in [0.1, 0.15) is 34.0 Å². The van der Waals surface area contributed by atoms with Gasteiger partial charge in [0.15, 0.2) is 16.7 Å². The van der Waals surface area contributed by atoms with Crippen molar-refractivity contribution in [1.82, 2.24) is 5.32 Å². The first-order chi connectivity index (χ1) is 16.9. The number of hydrogen-bond acceptors (Lipinski definition) is 6. The van der Waals surface area contributed by atoms with Gasteiger partial charge in [-0.15, -0.1) is 0 Å². The number of carboxylic acids is 1. The van der Waals surface area contributed by atoms with Crippen LogP contribution in [0.15, 0.2) is 76.6 Å². The van der Waals surface area contributed by atoms with Crippen LogP contribution in [0.3, 0.4) is 0 Å². The van der Waals surface area contributed by atoms with Gasteiger partial charge in [0, 0.05) is 0 Å². The quantitative estimate of drug-likeness (QED) is 0.411. The van der Waals surface area contributed by atoms with Crippen LogP contribution in [0.4, 0.5) is 5.69 Å². The van der Waals surface area contributed by atoms with Crippen LogP contribution in [0.5, 0.6) is 11.5 Å². The number of amidine groups is 1. The Morgan fingerprint density at radius 2 is 1.86 bits per heavy atom. The molecule has 4 rings (SSSR count). The largest absolute Gasteiger partial charge is 0.493 e. The molecule has 0 bridgehead atoms. The maximum absolute atomic E-state index is 12.5. The molecule has 178 valence electrons. The fraction of sp³-hybridized carbons (Fsp3) is 0.148. The molecule has 1 heterocycles. The molecule has 0 aromatic heterocycles. The molecule has 3 aromatic rings. The minimum atomic E-state index is -0.988. The summed E-state index contributed by atoms with van der Waals surface area (Å²) < 4.78 is 11.3. The summed E-state index contributed by atoms with van der Waals surface area (Å²) in [6.07, 6.45) is 2.73. The highest BCUT2D eigenvalue weighted by molar-refractivity contribution is 8.18. The van der Waals surface area contributed by atoms with Crippen molar-refractivity contribution in [3.63, 3.8) is 0 Å². The predicted octanol–water partition coefficient (Wildman–Crippen LogP) is 5.43. The Morgan fingerprint density at radius 3 is 2.57 bits per heavy atom. The zero-order valence-electron chi connectivity index (χ0n) is 19.3. The number of aromatic carboxylic acids is 1. The van der Waals surface area contributed by atoms with Crippen molar-refractivity contribution in [2.45, 2.75) is 20.0 Å². The molecule has 3 aromatic carbocycles. The Morgan fingerprint density at radius 1 is 1.06 bits per heavy atom. The summed E-state index contributed by atoms with van der Waals surface area (Å²) in [5, 5.41) is 12.5. The van der Waals surface area contributed by atoms with E-state index in [1.165, 1.54) is 30.5 Å². The van der Waals surface area contributed by atoms with Crippen LogP contribution in [0.2, 0.25) is 0 Å². The highest BCUT2D eigenvalue weighted by atomic mass is 32.2. The van der Waals surface area contributed by atoms with Gasteiger partial charge in [0.05, 0.1) is 23.3 Å². The molecule has 0 unspecified atom stereocenters. The van der Waals surface area contributed by atoms with Crippen molar-refractivity contribution < 1.29 is 24.2 Å². The number of aryl methyl sites for hydroxylation is 1. The molecular formula is C27H24N2O5S. The third-order valence-corrected chi connectivity index (χ3v) is 6.19. The average molecular weight is 489 g/mol. The van der Waals surface area contributed by atoms with E-state index in [1.807, 2.05) is 30.3 Å². The number of amides is 1. The van der Waals surface area contributed by atoms with Gasteiger partial charge >= 0.3 is 5.97 Å². The fourth-order valence-electron chi connectivity index (χ4n) is 3.40. The number of rotatable bonds is 8. The van der Waals surface area contributed by atoms with E-state index in [1.54, 1.807) is 36.4 Å². The minimum absolute atomic E-state index is 0.190. The fourth-order valence-corrected chi connectivity index (χ4v) is 4.25. The SMILES string of the molecule is CCc1ccc(N=C2NC(=O)/C(=C/c3ccc(OCc4cccc(C(=O)O)c4)c(OC)c3)S2)cc1. The lowest BCUT2D eigenvalue weighted by molar-refractivity contribution is -0.115. The molecule has 0 aliphatic carbocycles. The monoisotopic (exact) mass is 488 g/mol. The number of ether oxygens (including phenoxy) is 2. The molecule has 1 fully saturated rings. The number of methoxy groups -OCH3 is 1. The number of nitrogens with one attached hydrogen (secondary N) is 1. The molecular weight excluding hydrogens is 464 g/mol. The zero-order valence-corrected chi connectivity index (χ0v) is 20.1. The number of nitrogens with zero attached hydrogens (tertiary/aromatic N) is 1. The van der Waals surface area contributed by atoms with E-state index >= 15 is 0 Å². The lowest BCUT2D eigenvalue weighted by atomic mass is 10.1. The van der Waals surface area contributed by atoms with Crippen LogP contribution < -0.4 is 14.8 Å². The van der Waals surface area contributed by atoms with Gasteiger partial charge in [-0.1, -0.05) is 37.3 Å². The molecule has 0 radical (unpaired) electrons. The number of carbonyl (C=O) groups is 2. The molecule has 1 saturated heterocycles. The summed E-state index contributed by atoms with van der Waals surface area (Å²) in [4.78, 5) is 28.7. The maximum Gasteiger partial charge on any atom is 0.335 e. The summed E-state index contributed by atoms with van der Waals surface area (Å²) in [5.41, 5.74) is 3.71. The van der Waals surface area contributed by atoms with Crippen LogP contribution >= 0.6 is 11.8 Å². The number of thioether (sulfide) groups is 1. The van der Waals surface area contributed by atoms with Crippen molar-refractivity contribution in [2.75, 3.05) is 7.11 Å². The van der Waals surface area contributed by atoms with E-state index in [9.17, 15) is 9.59 Å². The second-order valence-electron chi connectivity index (χ2n) is 7.71. The van der Waals surface area contributed by atoms with Gasteiger partial charge in [0.1, 0.15) is 6.61 Å². The Labute approximate surface area is 207 Å². The third kappa shape index (κ3) is 6.10. The van der Waals surface area contributed by atoms with E-state index in [-0.39, 0.29) is 18.1 Å². The van der Waals surface area contributed by atoms with Crippen molar-refractivity contribution in [2.24, 2.45) is 4.99 Å². The second kappa shape index (κ2) is 10.9.